The number of benzene rings is 1. The lowest BCUT2D eigenvalue weighted by atomic mass is 10.3. The third-order valence-corrected chi connectivity index (χ3v) is 2.55. The molecule has 0 aliphatic heterocycles. The molecule has 0 aliphatic carbocycles. The van der Waals surface area contributed by atoms with E-state index in [1.807, 2.05) is 6.07 Å². The lowest BCUT2D eigenvalue weighted by molar-refractivity contribution is 0.413. The van der Waals surface area contributed by atoms with E-state index in [-0.39, 0.29) is 0 Å². The molecule has 2 aromatic rings. The average Bonchev–Trinajstić information content (AvgIpc) is 2.35. The molecule has 2 rings (SSSR count). The lowest BCUT2D eigenvalue weighted by Crippen LogP contribution is -1.96. The van der Waals surface area contributed by atoms with Gasteiger partial charge in [-0.3, -0.25) is 0 Å². The molecule has 17 heavy (non-hydrogen) atoms. The molecule has 0 saturated carbocycles. The van der Waals surface area contributed by atoms with Gasteiger partial charge in [0.25, 0.3) is 0 Å². The summed E-state index contributed by atoms with van der Waals surface area (Å²) >= 11 is 6.03. The van der Waals surface area contributed by atoms with Crippen LogP contribution in [0.2, 0.25) is 5.02 Å². The standard InChI is InChI=1S/C12H12ClN3O/c1-17-9-3-5-12(15-7-9)16-11-6-8(14)2-4-10(11)13/h2-7H,14H2,1H3,(H,15,16). The molecule has 1 heterocycles. The van der Waals surface area contributed by atoms with Crippen LogP contribution in [-0.2, 0) is 0 Å². The monoisotopic (exact) mass is 249 g/mol. The van der Waals surface area contributed by atoms with Crippen LogP contribution in [0.25, 0.3) is 0 Å². The fourth-order valence-electron chi connectivity index (χ4n) is 1.35. The van der Waals surface area contributed by atoms with Crippen molar-refractivity contribution in [3.05, 3.63) is 41.6 Å². The number of nitrogens with two attached hydrogens (primary N) is 1. The van der Waals surface area contributed by atoms with Gasteiger partial charge in [-0.15, -0.1) is 0 Å². The zero-order chi connectivity index (χ0) is 12.3. The number of methoxy groups -OCH3 is 1. The summed E-state index contributed by atoms with van der Waals surface area (Å²) in [6.45, 7) is 0. The quantitative estimate of drug-likeness (QED) is 0.821. The fraction of sp³-hybridized carbons (Fsp3) is 0.0833. The number of aromatic nitrogens is 1. The van der Waals surface area contributed by atoms with Gasteiger partial charge in [-0.1, -0.05) is 11.6 Å². The third-order valence-electron chi connectivity index (χ3n) is 2.23. The summed E-state index contributed by atoms with van der Waals surface area (Å²) in [5.74, 6) is 1.38. The number of halogens is 1. The van der Waals surface area contributed by atoms with Gasteiger partial charge in [0, 0.05) is 5.69 Å². The normalized spacial score (nSPS) is 10.0. The number of pyridine rings is 1. The van der Waals surface area contributed by atoms with Gasteiger partial charge in [0.1, 0.15) is 11.6 Å². The number of nitrogen functional groups attached to an aromatic ring is 1. The summed E-state index contributed by atoms with van der Waals surface area (Å²) in [6, 6.07) is 8.86. The van der Waals surface area contributed by atoms with Crippen molar-refractivity contribution in [2.24, 2.45) is 0 Å². The van der Waals surface area contributed by atoms with Crippen LogP contribution < -0.4 is 15.8 Å². The molecule has 0 radical (unpaired) electrons. The van der Waals surface area contributed by atoms with Gasteiger partial charge in [0.2, 0.25) is 0 Å². The zero-order valence-corrected chi connectivity index (χ0v) is 10.0. The van der Waals surface area contributed by atoms with Crippen LogP contribution in [-0.4, -0.2) is 12.1 Å². The fourth-order valence-corrected chi connectivity index (χ4v) is 1.52. The maximum absolute atomic E-state index is 6.03. The van der Waals surface area contributed by atoms with Gasteiger partial charge in [0.15, 0.2) is 0 Å². The minimum Gasteiger partial charge on any atom is -0.495 e. The highest BCUT2D eigenvalue weighted by Crippen LogP contribution is 2.27. The summed E-state index contributed by atoms with van der Waals surface area (Å²) < 4.78 is 5.03. The van der Waals surface area contributed by atoms with Gasteiger partial charge in [-0.2, -0.15) is 0 Å². The van der Waals surface area contributed by atoms with Crippen LogP contribution in [0, 0.1) is 0 Å². The summed E-state index contributed by atoms with van der Waals surface area (Å²) in [5, 5.41) is 3.68. The Bertz CT molecular complexity index is 514. The van der Waals surface area contributed by atoms with Crippen molar-refractivity contribution in [1.82, 2.24) is 4.98 Å². The molecule has 0 spiro atoms. The lowest BCUT2D eigenvalue weighted by Gasteiger charge is -2.08. The first kappa shape index (κ1) is 11.5. The van der Waals surface area contributed by atoms with E-state index in [0.717, 1.165) is 5.69 Å². The first-order chi connectivity index (χ1) is 8.19. The Labute approximate surface area is 104 Å². The summed E-state index contributed by atoms with van der Waals surface area (Å²) in [5.41, 5.74) is 7.06. The Hall–Kier alpha value is -1.94. The number of nitrogens with one attached hydrogen (secondary N) is 1. The van der Waals surface area contributed by atoms with Crippen LogP contribution >= 0.6 is 11.6 Å². The molecule has 1 aromatic carbocycles. The van der Waals surface area contributed by atoms with E-state index >= 15 is 0 Å². The topological polar surface area (TPSA) is 60.2 Å². The van der Waals surface area contributed by atoms with Crippen molar-refractivity contribution in [2.45, 2.75) is 0 Å². The minimum absolute atomic E-state index is 0.594. The average molecular weight is 250 g/mol. The molecular weight excluding hydrogens is 238 g/mol. The third kappa shape index (κ3) is 2.79. The zero-order valence-electron chi connectivity index (χ0n) is 9.27. The van der Waals surface area contributed by atoms with Gasteiger partial charge in [0.05, 0.1) is 24.0 Å². The Morgan fingerprint density at radius 2 is 2.12 bits per heavy atom. The highest BCUT2D eigenvalue weighted by Gasteiger charge is 2.02. The smallest absolute Gasteiger partial charge is 0.137 e. The van der Waals surface area contributed by atoms with Crippen molar-refractivity contribution in [1.29, 1.82) is 0 Å². The van der Waals surface area contributed by atoms with E-state index in [2.05, 4.69) is 10.3 Å². The number of hydrogen-bond donors (Lipinski definition) is 2. The van der Waals surface area contributed by atoms with Crippen molar-refractivity contribution >= 4 is 28.8 Å². The number of rotatable bonds is 3. The van der Waals surface area contributed by atoms with Gasteiger partial charge in [-0.05, 0) is 30.3 Å². The van der Waals surface area contributed by atoms with E-state index in [1.165, 1.54) is 0 Å². The van der Waals surface area contributed by atoms with Crippen LogP contribution in [0.5, 0.6) is 5.75 Å². The van der Waals surface area contributed by atoms with Crippen LogP contribution in [0.3, 0.4) is 0 Å². The second-order valence-electron chi connectivity index (χ2n) is 3.45. The summed E-state index contributed by atoms with van der Waals surface area (Å²) in [7, 11) is 1.60. The molecule has 0 bridgehead atoms. The predicted molar refractivity (Wildman–Crippen MR) is 69.9 cm³/mol. The maximum Gasteiger partial charge on any atom is 0.137 e. The van der Waals surface area contributed by atoms with Crippen LogP contribution in [0.1, 0.15) is 0 Å². The highest BCUT2D eigenvalue weighted by molar-refractivity contribution is 6.33. The molecule has 0 saturated heterocycles. The van der Waals surface area contributed by atoms with Gasteiger partial charge >= 0.3 is 0 Å². The van der Waals surface area contributed by atoms with E-state index in [9.17, 15) is 0 Å². The molecule has 88 valence electrons. The van der Waals surface area contributed by atoms with Crippen LogP contribution in [0.15, 0.2) is 36.5 Å². The number of nitrogens with zero attached hydrogens (tertiary/aromatic N) is 1. The Balaban J connectivity index is 2.22. The Morgan fingerprint density at radius 1 is 1.29 bits per heavy atom. The van der Waals surface area contributed by atoms with Crippen molar-refractivity contribution < 1.29 is 4.74 Å². The van der Waals surface area contributed by atoms with Crippen LogP contribution in [0.4, 0.5) is 17.2 Å². The van der Waals surface area contributed by atoms with E-state index in [4.69, 9.17) is 22.1 Å². The first-order valence-corrected chi connectivity index (χ1v) is 5.39. The predicted octanol–water partition coefficient (Wildman–Crippen LogP) is 3.07. The van der Waals surface area contributed by atoms with E-state index < -0.39 is 0 Å². The first-order valence-electron chi connectivity index (χ1n) is 5.01. The molecule has 0 atom stereocenters. The minimum atomic E-state index is 0.594. The second kappa shape index (κ2) is 4.93. The van der Waals surface area contributed by atoms with E-state index in [1.54, 1.807) is 37.6 Å². The molecule has 5 heteroatoms. The number of anilines is 3. The molecule has 0 amide bonds. The van der Waals surface area contributed by atoms with Crippen molar-refractivity contribution in [3.8, 4) is 5.75 Å². The molecule has 3 N–H and O–H groups in total. The SMILES string of the molecule is COc1ccc(Nc2cc(N)ccc2Cl)nc1. The number of hydrogen-bond acceptors (Lipinski definition) is 4. The second-order valence-corrected chi connectivity index (χ2v) is 3.85. The van der Waals surface area contributed by atoms with Gasteiger partial charge in [-0.25, -0.2) is 4.98 Å². The Kier molecular flexibility index (Phi) is 3.35. The summed E-state index contributed by atoms with van der Waals surface area (Å²) in [6.07, 6.45) is 1.63. The van der Waals surface area contributed by atoms with Crippen molar-refractivity contribution in [3.63, 3.8) is 0 Å². The number of ether oxygens (including phenoxy) is 1. The molecule has 0 fully saturated rings. The molecule has 1 aromatic heterocycles. The molecule has 4 nitrogen and oxygen atoms in total. The highest BCUT2D eigenvalue weighted by atomic mass is 35.5. The van der Waals surface area contributed by atoms with Crippen molar-refractivity contribution in [2.75, 3.05) is 18.2 Å². The largest absolute Gasteiger partial charge is 0.495 e. The Morgan fingerprint density at radius 3 is 2.76 bits per heavy atom. The summed E-state index contributed by atoms with van der Waals surface area (Å²) in [4.78, 5) is 4.18. The molecular formula is C12H12ClN3O. The van der Waals surface area contributed by atoms with E-state index in [0.29, 0.717) is 22.3 Å². The maximum atomic E-state index is 6.03. The molecule has 0 unspecified atom stereocenters. The van der Waals surface area contributed by atoms with Gasteiger partial charge < -0.3 is 15.8 Å². The molecule has 0 aliphatic rings.